The number of piperidine rings is 1. The molecule has 2 aromatic rings. The van der Waals surface area contributed by atoms with Gasteiger partial charge in [-0.1, -0.05) is 36.8 Å². The van der Waals surface area contributed by atoms with E-state index in [2.05, 4.69) is 25.6 Å². The highest BCUT2D eigenvalue weighted by Crippen LogP contribution is 2.20. The van der Waals surface area contributed by atoms with Crippen molar-refractivity contribution in [2.75, 3.05) is 32.7 Å². The van der Waals surface area contributed by atoms with Crippen molar-refractivity contribution in [3.05, 3.63) is 30.3 Å². The standard InChI is InChI=1S/C23H33N7O2/c31-21-17-20-11-4-6-13-28(20)15-8-16-29(14-7-5-12-24-21)22(32)18-30-26-23(25-27-30)19-9-2-1-3-10-19/h1-3,9-10,20H,4-8,11-18H2,(H,24,31). The van der Waals surface area contributed by atoms with Gasteiger partial charge in [-0.2, -0.15) is 4.80 Å². The summed E-state index contributed by atoms with van der Waals surface area (Å²) in [5, 5.41) is 15.6. The first-order valence-electron chi connectivity index (χ1n) is 11.8. The van der Waals surface area contributed by atoms with Gasteiger partial charge in [0, 0.05) is 44.2 Å². The van der Waals surface area contributed by atoms with Gasteiger partial charge >= 0.3 is 0 Å². The predicted octanol–water partition coefficient (Wildman–Crippen LogP) is 1.71. The summed E-state index contributed by atoms with van der Waals surface area (Å²) in [6.45, 7) is 4.10. The molecule has 2 aliphatic heterocycles. The highest BCUT2D eigenvalue weighted by atomic mass is 16.2. The summed E-state index contributed by atoms with van der Waals surface area (Å²) in [4.78, 5) is 31.1. The molecule has 9 heteroatoms. The Hall–Kier alpha value is -2.81. The Labute approximate surface area is 189 Å². The zero-order valence-electron chi connectivity index (χ0n) is 18.7. The number of carbonyl (C=O) groups excluding carboxylic acids is 2. The SMILES string of the molecule is O=C1CC2CCCCN2CCCN(C(=O)Cn2nnc(-c3ccccc3)n2)CCCCN1. The van der Waals surface area contributed by atoms with Crippen molar-refractivity contribution in [3.63, 3.8) is 0 Å². The number of amides is 2. The van der Waals surface area contributed by atoms with Crippen LogP contribution in [0.2, 0.25) is 0 Å². The number of hydrogen-bond donors (Lipinski definition) is 1. The number of hydrogen-bond acceptors (Lipinski definition) is 6. The number of nitrogens with one attached hydrogen (secondary N) is 1. The Morgan fingerprint density at radius 1 is 1.00 bits per heavy atom. The quantitative estimate of drug-likeness (QED) is 0.782. The topological polar surface area (TPSA) is 96.3 Å². The average molecular weight is 440 g/mol. The van der Waals surface area contributed by atoms with E-state index in [4.69, 9.17) is 0 Å². The molecule has 2 saturated heterocycles. The normalized spacial score (nSPS) is 21.6. The lowest BCUT2D eigenvalue weighted by atomic mass is 9.98. The van der Waals surface area contributed by atoms with Crippen molar-refractivity contribution in [3.8, 4) is 11.4 Å². The van der Waals surface area contributed by atoms with E-state index in [-0.39, 0.29) is 18.4 Å². The predicted molar refractivity (Wildman–Crippen MR) is 121 cm³/mol. The number of nitrogens with zero attached hydrogens (tertiary/aromatic N) is 6. The number of benzene rings is 1. The van der Waals surface area contributed by atoms with Gasteiger partial charge in [-0.15, -0.1) is 10.2 Å². The van der Waals surface area contributed by atoms with Crippen LogP contribution in [0.25, 0.3) is 11.4 Å². The molecule has 0 bridgehead atoms. The summed E-state index contributed by atoms with van der Waals surface area (Å²) in [6, 6.07) is 9.96. The van der Waals surface area contributed by atoms with Crippen molar-refractivity contribution in [2.24, 2.45) is 0 Å². The summed E-state index contributed by atoms with van der Waals surface area (Å²) >= 11 is 0. The van der Waals surface area contributed by atoms with Gasteiger partial charge in [0.15, 0.2) is 0 Å². The molecule has 1 aromatic heterocycles. The van der Waals surface area contributed by atoms with E-state index in [1.165, 1.54) is 17.6 Å². The zero-order chi connectivity index (χ0) is 22.2. The minimum absolute atomic E-state index is 0.0103. The van der Waals surface area contributed by atoms with E-state index in [1.807, 2.05) is 35.2 Å². The van der Waals surface area contributed by atoms with E-state index in [1.54, 1.807) is 0 Å². The van der Waals surface area contributed by atoms with Gasteiger partial charge in [-0.25, -0.2) is 0 Å². The molecule has 4 rings (SSSR count). The molecule has 1 atom stereocenters. The molecular weight excluding hydrogens is 406 g/mol. The third-order valence-electron chi connectivity index (χ3n) is 6.33. The highest BCUT2D eigenvalue weighted by Gasteiger charge is 2.25. The number of aromatic nitrogens is 4. The molecule has 2 fully saturated rings. The molecule has 9 nitrogen and oxygen atoms in total. The Balaban J connectivity index is 1.37. The second kappa shape index (κ2) is 11.2. The zero-order valence-corrected chi connectivity index (χ0v) is 18.7. The van der Waals surface area contributed by atoms with Gasteiger partial charge in [0.1, 0.15) is 6.54 Å². The minimum Gasteiger partial charge on any atom is -0.356 e. The van der Waals surface area contributed by atoms with Crippen LogP contribution in [0.1, 0.15) is 44.9 Å². The third-order valence-corrected chi connectivity index (χ3v) is 6.33. The molecule has 32 heavy (non-hydrogen) atoms. The maximum Gasteiger partial charge on any atom is 0.246 e. The van der Waals surface area contributed by atoms with Gasteiger partial charge in [0.2, 0.25) is 17.6 Å². The largest absolute Gasteiger partial charge is 0.356 e. The first-order valence-corrected chi connectivity index (χ1v) is 11.8. The van der Waals surface area contributed by atoms with Crippen LogP contribution in [0.5, 0.6) is 0 Å². The van der Waals surface area contributed by atoms with E-state index in [9.17, 15) is 9.59 Å². The van der Waals surface area contributed by atoms with E-state index in [0.29, 0.717) is 37.9 Å². The molecular formula is C23H33N7O2. The van der Waals surface area contributed by atoms with Crippen molar-refractivity contribution in [1.82, 2.24) is 35.3 Å². The fraction of sp³-hybridized carbons (Fsp3) is 0.609. The second-order valence-corrected chi connectivity index (χ2v) is 8.69. The van der Waals surface area contributed by atoms with Crippen LogP contribution in [-0.4, -0.2) is 80.6 Å². The lowest BCUT2D eigenvalue weighted by Gasteiger charge is -2.35. The molecule has 172 valence electrons. The minimum atomic E-state index is 0.0103. The Morgan fingerprint density at radius 3 is 2.66 bits per heavy atom. The van der Waals surface area contributed by atoms with Crippen LogP contribution in [0.3, 0.4) is 0 Å². The fourth-order valence-electron chi connectivity index (χ4n) is 4.59. The molecule has 2 amide bonds. The van der Waals surface area contributed by atoms with Crippen LogP contribution in [-0.2, 0) is 16.1 Å². The number of tetrazole rings is 1. The third kappa shape index (κ3) is 6.12. The Bertz CT molecular complexity index is 885. The van der Waals surface area contributed by atoms with Crippen molar-refractivity contribution in [2.45, 2.75) is 57.5 Å². The van der Waals surface area contributed by atoms with Crippen LogP contribution < -0.4 is 5.32 Å². The van der Waals surface area contributed by atoms with Crippen molar-refractivity contribution in [1.29, 1.82) is 0 Å². The van der Waals surface area contributed by atoms with Gasteiger partial charge in [-0.05, 0) is 43.9 Å². The maximum absolute atomic E-state index is 13.0. The number of rotatable bonds is 3. The number of carbonyl (C=O) groups is 2. The molecule has 0 saturated carbocycles. The van der Waals surface area contributed by atoms with E-state index in [0.717, 1.165) is 44.3 Å². The molecule has 1 aromatic carbocycles. The summed E-state index contributed by atoms with van der Waals surface area (Å²) in [5.74, 6) is 0.687. The lowest BCUT2D eigenvalue weighted by molar-refractivity contribution is -0.132. The van der Waals surface area contributed by atoms with Crippen LogP contribution >= 0.6 is 0 Å². The molecule has 2 aliphatic rings. The fourth-order valence-corrected chi connectivity index (χ4v) is 4.59. The van der Waals surface area contributed by atoms with Crippen molar-refractivity contribution >= 4 is 11.8 Å². The van der Waals surface area contributed by atoms with Gasteiger partial charge in [0.25, 0.3) is 0 Å². The monoisotopic (exact) mass is 439 g/mol. The second-order valence-electron chi connectivity index (χ2n) is 8.69. The molecule has 1 N–H and O–H groups in total. The van der Waals surface area contributed by atoms with E-state index < -0.39 is 0 Å². The molecule has 0 aliphatic carbocycles. The van der Waals surface area contributed by atoms with Gasteiger partial charge in [-0.3, -0.25) is 14.5 Å². The molecule has 3 heterocycles. The van der Waals surface area contributed by atoms with Gasteiger partial charge in [0.05, 0.1) is 0 Å². The average Bonchev–Trinajstić information content (AvgIpc) is 3.27. The van der Waals surface area contributed by atoms with Crippen molar-refractivity contribution < 1.29 is 9.59 Å². The molecule has 0 radical (unpaired) electrons. The number of fused-ring (bicyclic) bond motifs is 1. The highest BCUT2D eigenvalue weighted by molar-refractivity contribution is 5.76. The first-order chi connectivity index (χ1) is 15.7. The first kappa shape index (κ1) is 22.4. The van der Waals surface area contributed by atoms with Crippen LogP contribution in [0.15, 0.2) is 30.3 Å². The lowest BCUT2D eigenvalue weighted by Crippen LogP contribution is -2.44. The van der Waals surface area contributed by atoms with Crippen LogP contribution in [0, 0.1) is 0 Å². The van der Waals surface area contributed by atoms with Crippen LogP contribution in [0.4, 0.5) is 0 Å². The molecule has 0 spiro atoms. The van der Waals surface area contributed by atoms with Gasteiger partial charge < -0.3 is 10.2 Å². The summed E-state index contributed by atoms with van der Waals surface area (Å²) in [6.07, 6.45) is 6.67. The summed E-state index contributed by atoms with van der Waals surface area (Å²) < 4.78 is 0. The Morgan fingerprint density at radius 2 is 1.78 bits per heavy atom. The smallest absolute Gasteiger partial charge is 0.246 e. The van der Waals surface area contributed by atoms with E-state index >= 15 is 0 Å². The summed E-state index contributed by atoms with van der Waals surface area (Å²) in [5.41, 5.74) is 0.881. The maximum atomic E-state index is 13.0. The Kier molecular flexibility index (Phi) is 7.82. The summed E-state index contributed by atoms with van der Waals surface area (Å²) in [7, 11) is 0. The molecule has 1 unspecified atom stereocenters.